The van der Waals surface area contributed by atoms with Gasteiger partial charge in [-0.1, -0.05) is 6.07 Å². The number of ether oxygens (including phenoxy) is 1. The summed E-state index contributed by atoms with van der Waals surface area (Å²) in [7, 11) is 1.92. The molecule has 2 aromatic rings. The highest BCUT2D eigenvalue weighted by atomic mass is 79.9. The standard InChI is InChI=1S/C15H17BrN2O2S/c1-3-20-15(19)12-5-4-6-13(17)14(12)18(2)8-11-7-10(16)9-21-11/h4-7,9H,3,8,17H2,1-2H3. The molecule has 0 unspecified atom stereocenters. The van der Waals surface area contributed by atoms with E-state index < -0.39 is 0 Å². The average molecular weight is 369 g/mol. The van der Waals surface area contributed by atoms with E-state index in [9.17, 15) is 4.79 Å². The molecule has 6 heteroatoms. The maximum absolute atomic E-state index is 12.1. The summed E-state index contributed by atoms with van der Waals surface area (Å²) in [5.41, 5.74) is 7.83. The van der Waals surface area contributed by atoms with Gasteiger partial charge in [-0.3, -0.25) is 0 Å². The maximum atomic E-state index is 12.1. The van der Waals surface area contributed by atoms with E-state index in [1.807, 2.05) is 17.3 Å². The highest BCUT2D eigenvalue weighted by Gasteiger charge is 2.18. The summed E-state index contributed by atoms with van der Waals surface area (Å²) in [6.07, 6.45) is 0. The molecule has 0 amide bonds. The molecule has 4 nitrogen and oxygen atoms in total. The van der Waals surface area contributed by atoms with Crippen molar-refractivity contribution in [1.82, 2.24) is 0 Å². The van der Waals surface area contributed by atoms with Crippen LogP contribution in [0.5, 0.6) is 0 Å². The lowest BCUT2D eigenvalue weighted by Gasteiger charge is -2.23. The number of esters is 1. The van der Waals surface area contributed by atoms with E-state index in [0.717, 1.165) is 4.47 Å². The molecule has 21 heavy (non-hydrogen) atoms. The number of halogens is 1. The van der Waals surface area contributed by atoms with Crippen LogP contribution in [0.15, 0.2) is 34.1 Å². The molecule has 0 saturated carbocycles. The van der Waals surface area contributed by atoms with Crippen molar-refractivity contribution in [2.24, 2.45) is 0 Å². The first-order chi connectivity index (χ1) is 10.0. The van der Waals surface area contributed by atoms with Gasteiger partial charge in [-0.25, -0.2) is 4.79 Å². The molecule has 1 aromatic heterocycles. The molecule has 1 aromatic carbocycles. The fourth-order valence-electron chi connectivity index (χ4n) is 2.11. The fourth-order valence-corrected chi connectivity index (χ4v) is 3.61. The van der Waals surface area contributed by atoms with Crippen molar-refractivity contribution in [2.45, 2.75) is 13.5 Å². The second-order valence-electron chi connectivity index (χ2n) is 4.55. The second-order valence-corrected chi connectivity index (χ2v) is 6.46. The Balaban J connectivity index is 2.30. The highest BCUT2D eigenvalue weighted by molar-refractivity contribution is 9.10. The zero-order valence-electron chi connectivity index (χ0n) is 11.9. The lowest BCUT2D eigenvalue weighted by atomic mass is 10.1. The number of nitrogens with zero attached hydrogens (tertiary/aromatic N) is 1. The quantitative estimate of drug-likeness (QED) is 0.642. The molecule has 0 fully saturated rings. The number of nitrogens with two attached hydrogens (primary N) is 1. The predicted octanol–water partition coefficient (Wildman–Crippen LogP) is 3.91. The second kappa shape index (κ2) is 6.95. The summed E-state index contributed by atoms with van der Waals surface area (Å²) < 4.78 is 6.16. The van der Waals surface area contributed by atoms with E-state index in [2.05, 4.69) is 22.0 Å². The van der Waals surface area contributed by atoms with Gasteiger partial charge in [0.25, 0.3) is 0 Å². The van der Waals surface area contributed by atoms with Crippen molar-refractivity contribution in [3.63, 3.8) is 0 Å². The Hall–Kier alpha value is -1.53. The van der Waals surface area contributed by atoms with Crippen molar-refractivity contribution >= 4 is 44.6 Å². The Morgan fingerprint density at radius 3 is 2.86 bits per heavy atom. The van der Waals surface area contributed by atoms with Gasteiger partial charge in [-0.15, -0.1) is 11.3 Å². The van der Waals surface area contributed by atoms with Crippen molar-refractivity contribution in [2.75, 3.05) is 24.3 Å². The fraction of sp³-hybridized carbons (Fsp3) is 0.267. The minimum Gasteiger partial charge on any atom is -0.462 e. The van der Waals surface area contributed by atoms with Crippen molar-refractivity contribution in [3.05, 3.63) is 44.6 Å². The minimum absolute atomic E-state index is 0.342. The number of nitrogen functional groups attached to an aromatic ring is 1. The van der Waals surface area contributed by atoms with Crippen molar-refractivity contribution in [3.8, 4) is 0 Å². The van der Waals surface area contributed by atoms with Crippen molar-refractivity contribution in [1.29, 1.82) is 0 Å². The third-order valence-corrected chi connectivity index (χ3v) is 4.64. The first-order valence-corrected chi connectivity index (χ1v) is 8.19. The average Bonchev–Trinajstić information content (AvgIpc) is 2.83. The monoisotopic (exact) mass is 368 g/mol. The number of anilines is 2. The van der Waals surface area contributed by atoms with E-state index in [4.69, 9.17) is 10.5 Å². The van der Waals surface area contributed by atoms with Gasteiger partial charge in [0, 0.05) is 21.8 Å². The van der Waals surface area contributed by atoms with Crippen molar-refractivity contribution < 1.29 is 9.53 Å². The Labute approximate surface area is 136 Å². The van der Waals surface area contributed by atoms with Gasteiger partial charge in [-0.2, -0.15) is 0 Å². The summed E-state index contributed by atoms with van der Waals surface area (Å²) >= 11 is 5.10. The Morgan fingerprint density at radius 2 is 2.24 bits per heavy atom. The molecule has 0 aliphatic carbocycles. The summed E-state index contributed by atoms with van der Waals surface area (Å²) in [5, 5.41) is 2.03. The van der Waals surface area contributed by atoms with Crippen LogP contribution >= 0.6 is 27.3 Å². The van der Waals surface area contributed by atoms with Crippen LogP contribution in [0.1, 0.15) is 22.2 Å². The van der Waals surface area contributed by atoms with Crippen LogP contribution in [0.2, 0.25) is 0 Å². The van der Waals surface area contributed by atoms with Gasteiger partial charge >= 0.3 is 5.97 Å². The SMILES string of the molecule is CCOC(=O)c1cccc(N)c1N(C)Cc1cc(Br)cs1. The molecular weight excluding hydrogens is 352 g/mol. The normalized spacial score (nSPS) is 10.4. The lowest BCUT2D eigenvalue weighted by molar-refractivity contribution is 0.0527. The van der Waals surface area contributed by atoms with Gasteiger partial charge < -0.3 is 15.4 Å². The summed E-state index contributed by atoms with van der Waals surface area (Å²) in [6.45, 7) is 2.81. The first kappa shape index (κ1) is 15.9. The molecule has 0 aliphatic heterocycles. The molecule has 0 radical (unpaired) electrons. The smallest absolute Gasteiger partial charge is 0.340 e. The minimum atomic E-state index is -0.348. The van der Waals surface area contributed by atoms with Gasteiger partial charge in [0.1, 0.15) is 0 Å². The molecular formula is C15H17BrN2O2S. The van der Waals surface area contributed by atoms with Gasteiger partial charge in [0.2, 0.25) is 0 Å². The van der Waals surface area contributed by atoms with Crippen LogP contribution in [0.4, 0.5) is 11.4 Å². The van der Waals surface area contributed by atoms with Crippen LogP contribution in [0.25, 0.3) is 0 Å². The van der Waals surface area contributed by atoms with E-state index in [0.29, 0.717) is 30.1 Å². The number of para-hydroxylation sites is 1. The van der Waals surface area contributed by atoms with Gasteiger partial charge in [0.05, 0.1) is 30.1 Å². The number of benzene rings is 1. The van der Waals surface area contributed by atoms with E-state index in [1.165, 1.54) is 4.88 Å². The Morgan fingerprint density at radius 1 is 1.48 bits per heavy atom. The van der Waals surface area contributed by atoms with Crippen LogP contribution in [-0.4, -0.2) is 19.6 Å². The number of thiophene rings is 1. The van der Waals surface area contributed by atoms with Crippen LogP contribution < -0.4 is 10.6 Å². The summed E-state index contributed by atoms with van der Waals surface area (Å²) in [5.74, 6) is -0.348. The Kier molecular flexibility index (Phi) is 5.25. The number of carbonyl (C=O) groups is 1. The number of carbonyl (C=O) groups excluding carboxylic acids is 1. The topological polar surface area (TPSA) is 55.6 Å². The van der Waals surface area contributed by atoms with E-state index in [1.54, 1.807) is 36.5 Å². The summed E-state index contributed by atoms with van der Waals surface area (Å²) in [6, 6.07) is 7.36. The zero-order valence-corrected chi connectivity index (χ0v) is 14.3. The third-order valence-electron chi connectivity index (χ3n) is 2.96. The largest absolute Gasteiger partial charge is 0.462 e. The molecule has 0 bridgehead atoms. The molecule has 0 spiro atoms. The first-order valence-electron chi connectivity index (χ1n) is 6.52. The molecule has 0 atom stereocenters. The Bertz CT molecular complexity index is 642. The number of hydrogen-bond donors (Lipinski definition) is 1. The predicted molar refractivity (Wildman–Crippen MR) is 90.9 cm³/mol. The summed E-state index contributed by atoms with van der Waals surface area (Å²) in [4.78, 5) is 15.2. The van der Waals surface area contributed by atoms with Crippen LogP contribution in [0.3, 0.4) is 0 Å². The van der Waals surface area contributed by atoms with Gasteiger partial charge in [0.15, 0.2) is 0 Å². The van der Waals surface area contributed by atoms with E-state index >= 15 is 0 Å². The maximum Gasteiger partial charge on any atom is 0.340 e. The highest BCUT2D eigenvalue weighted by Crippen LogP contribution is 2.30. The number of rotatable bonds is 5. The van der Waals surface area contributed by atoms with Crippen LogP contribution in [0, 0.1) is 0 Å². The molecule has 1 heterocycles. The molecule has 0 aliphatic rings. The van der Waals surface area contributed by atoms with Crippen LogP contribution in [-0.2, 0) is 11.3 Å². The molecule has 0 saturated heterocycles. The lowest BCUT2D eigenvalue weighted by Crippen LogP contribution is -2.21. The zero-order chi connectivity index (χ0) is 15.4. The van der Waals surface area contributed by atoms with Gasteiger partial charge in [-0.05, 0) is 41.1 Å². The molecule has 2 N–H and O–H groups in total. The third kappa shape index (κ3) is 3.77. The molecule has 2 rings (SSSR count). The number of hydrogen-bond acceptors (Lipinski definition) is 5. The van der Waals surface area contributed by atoms with E-state index in [-0.39, 0.29) is 5.97 Å². The molecule has 112 valence electrons.